The van der Waals surface area contributed by atoms with E-state index in [2.05, 4.69) is 0 Å². The van der Waals surface area contributed by atoms with Crippen LogP contribution in [0.1, 0.15) is 22.7 Å². The molecule has 0 spiro atoms. The number of aliphatic hydroxyl groups is 1. The number of aliphatic hydroxyl groups excluding tert-OH is 1. The summed E-state index contributed by atoms with van der Waals surface area (Å²) < 4.78 is 21.3. The van der Waals surface area contributed by atoms with Crippen LogP contribution in [0, 0.1) is 0 Å². The first kappa shape index (κ1) is 25.6. The lowest BCUT2D eigenvalue weighted by atomic mass is 9.95. The number of nitrogens with zero attached hydrogens (tertiary/aromatic N) is 1. The molecule has 3 aromatic carbocycles. The number of methoxy groups -OCH3 is 4. The molecule has 8 heteroatoms. The molecule has 0 radical (unpaired) electrons. The molecule has 0 bridgehead atoms. The molecule has 1 heterocycles. The fraction of sp³-hybridized carbons (Fsp3) is 0.241. The lowest BCUT2D eigenvalue weighted by molar-refractivity contribution is -0.139. The monoisotopic (exact) mass is 503 g/mol. The predicted molar refractivity (Wildman–Crippen MR) is 138 cm³/mol. The zero-order valence-electron chi connectivity index (χ0n) is 21.2. The zero-order chi connectivity index (χ0) is 26.5. The molecular formula is C29H29NO7. The quantitative estimate of drug-likeness (QED) is 0.263. The molecule has 192 valence electrons. The van der Waals surface area contributed by atoms with Gasteiger partial charge in [0.05, 0.1) is 40.1 Å². The number of hydrogen-bond donors (Lipinski definition) is 1. The predicted octanol–water partition coefficient (Wildman–Crippen LogP) is 4.39. The van der Waals surface area contributed by atoms with Crippen molar-refractivity contribution in [2.24, 2.45) is 0 Å². The van der Waals surface area contributed by atoms with Gasteiger partial charge in [-0.3, -0.25) is 9.59 Å². The maximum Gasteiger partial charge on any atom is 0.295 e. The second-order valence-corrected chi connectivity index (χ2v) is 8.44. The topological polar surface area (TPSA) is 94.5 Å². The summed E-state index contributed by atoms with van der Waals surface area (Å²) in [7, 11) is 6.21. The first-order chi connectivity index (χ1) is 17.9. The molecule has 1 aliphatic rings. The minimum atomic E-state index is -0.794. The van der Waals surface area contributed by atoms with Gasteiger partial charge in [-0.1, -0.05) is 18.2 Å². The minimum absolute atomic E-state index is 0.0238. The van der Waals surface area contributed by atoms with E-state index in [1.807, 2.05) is 18.2 Å². The molecule has 37 heavy (non-hydrogen) atoms. The van der Waals surface area contributed by atoms with Crippen molar-refractivity contribution in [1.82, 2.24) is 4.90 Å². The number of benzene rings is 3. The second-order valence-electron chi connectivity index (χ2n) is 8.44. The highest BCUT2D eigenvalue weighted by molar-refractivity contribution is 6.46. The van der Waals surface area contributed by atoms with Gasteiger partial charge in [0, 0.05) is 12.1 Å². The van der Waals surface area contributed by atoms with Crippen LogP contribution in [-0.4, -0.2) is 56.7 Å². The Morgan fingerprint density at radius 1 is 0.811 bits per heavy atom. The Labute approximate surface area is 215 Å². The lowest BCUT2D eigenvalue weighted by Crippen LogP contribution is -2.31. The lowest BCUT2D eigenvalue weighted by Gasteiger charge is -2.26. The van der Waals surface area contributed by atoms with E-state index in [1.165, 1.54) is 4.90 Å². The van der Waals surface area contributed by atoms with Crippen LogP contribution in [0.15, 0.2) is 72.3 Å². The van der Waals surface area contributed by atoms with Crippen LogP contribution in [0.3, 0.4) is 0 Å². The number of carbonyl (C=O) groups excluding carboxylic acids is 2. The van der Waals surface area contributed by atoms with Crippen molar-refractivity contribution >= 4 is 17.4 Å². The smallest absolute Gasteiger partial charge is 0.295 e. The van der Waals surface area contributed by atoms with Crippen molar-refractivity contribution in [3.8, 4) is 23.0 Å². The largest absolute Gasteiger partial charge is 0.507 e. The molecule has 4 rings (SSSR count). The first-order valence-corrected chi connectivity index (χ1v) is 11.7. The summed E-state index contributed by atoms with van der Waals surface area (Å²) in [5.74, 6) is 0.691. The van der Waals surface area contributed by atoms with Crippen LogP contribution in [0.5, 0.6) is 23.0 Å². The van der Waals surface area contributed by atoms with E-state index in [-0.39, 0.29) is 17.9 Å². The van der Waals surface area contributed by atoms with Crippen molar-refractivity contribution in [2.45, 2.75) is 12.5 Å². The molecule has 0 aliphatic carbocycles. The van der Waals surface area contributed by atoms with Crippen molar-refractivity contribution in [3.05, 3.63) is 89.0 Å². The molecular weight excluding hydrogens is 474 g/mol. The fourth-order valence-corrected chi connectivity index (χ4v) is 4.46. The standard InChI is InChI=1S/C29H29NO7/c1-34-21-11-9-19(10-12-21)27(31)25-26(20-6-5-7-22(17-20)35-2)30(29(33)28(25)32)15-14-18-8-13-23(36-3)24(16-18)37-4/h5-13,16-17,26,31H,14-15H2,1-4H3/t26-/m1/s1. The molecule has 1 N–H and O–H groups in total. The Bertz CT molecular complexity index is 1330. The summed E-state index contributed by atoms with van der Waals surface area (Å²) in [4.78, 5) is 28.0. The first-order valence-electron chi connectivity index (χ1n) is 11.7. The van der Waals surface area contributed by atoms with Gasteiger partial charge in [0.2, 0.25) is 0 Å². The second kappa shape index (κ2) is 11.1. The highest BCUT2D eigenvalue weighted by atomic mass is 16.5. The summed E-state index contributed by atoms with van der Waals surface area (Å²) in [6, 6.07) is 18.5. The summed E-state index contributed by atoms with van der Waals surface area (Å²) in [5, 5.41) is 11.2. The molecule has 8 nitrogen and oxygen atoms in total. The number of ether oxygens (including phenoxy) is 4. The van der Waals surface area contributed by atoms with Crippen LogP contribution in [0.4, 0.5) is 0 Å². The zero-order valence-corrected chi connectivity index (χ0v) is 21.2. The highest BCUT2D eigenvalue weighted by Crippen LogP contribution is 2.40. The molecule has 0 unspecified atom stereocenters. The van der Waals surface area contributed by atoms with Gasteiger partial charge in [-0.25, -0.2) is 0 Å². The van der Waals surface area contributed by atoms with Gasteiger partial charge in [0.25, 0.3) is 11.7 Å². The summed E-state index contributed by atoms with van der Waals surface area (Å²) in [5.41, 5.74) is 1.99. The number of rotatable bonds is 9. The Morgan fingerprint density at radius 3 is 2.16 bits per heavy atom. The van der Waals surface area contributed by atoms with E-state index in [0.717, 1.165) is 5.56 Å². The van der Waals surface area contributed by atoms with Gasteiger partial charge in [0.15, 0.2) is 11.5 Å². The van der Waals surface area contributed by atoms with Crippen molar-refractivity contribution in [2.75, 3.05) is 35.0 Å². The molecule has 1 saturated heterocycles. The number of likely N-dealkylation sites (tertiary alicyclic amines) is 1. The van der Waals surface area contributed by atoms with Gasteiger partial charge in [-0.2, -0.15) is 0 Å². The van der Waals surface area contributed by atoms with Crippen molar-refractivity contribution in [3.63, 3.8) is 0 Å². The fourth-order valence-electron chi connectivity index (χ4n) is 4.46. The molecule has 0 aromatic heterocycles. The average Bonchev–Trinajstić information content (AvgIpc) is 3.20. The molecule has 1 aliphatic heterocycles. The molecule has 1 atom stereocenters. The van der Waals surface area contributed by atoms with Gasteiger partial charge in [-0.15, -0.1) is 0 Å². The number of ketones is 1. The average molecular weight is 504 g/mol. The number of amides is 1. The highest BCUT2D eigenvalue weighted by Gasteiger charge is 2.46. The third kappa shape index (κ3) is 5.09. The van der Waals surface area contributed by atoms with E-state index in [4.69, 9.17) is 18.9 Å². The number of Topliss-reactive ketones (excluding diaryl/α,β-unsaturated/α-hetero) is 1. The number of carbonyl (C=O) groups is 2. The summed E-state index contributed by atoms with van der Waals surface area (Å²) >= 11 is 0. The summed E-state index contributed by atoms with van der Waals surface area (Å²) in [6.07, 6.45) is 0.455. The molecule has 1 fully saturated rings. The maximum atomic E-state index is 13.3. The summed E-state index contributed by atoms with van der Waals surface area (Å²) in [6.45, 7) is 0.237. The van der Waals surface area contributed by atoms with Gasteiger partial charge >= 0.3 is 0 Å². The molecule has 0 saturated carbocycles. The third-order valence-corrected chi connectivity index (χ3v) is 6.40. The number of hydrogen-bond acceptors (Lipinski definition) is 7. The van der Waals surface area contributed by atoms with Gasteiger partial charge < -0.3 is 29.0 Å². The van der Waals surface area contributed by atoms with Crippen LogP contribution in [0.25, 0.3) is 5.76 Å². The van der Waals surface area contributed by atoms with E-state index in [0.29, 0.717) is 40.5 Å². The van der Waals surface area contributed by atoms with E-state index in [9.17, 15) is 14.7 Å². The van der Waals surface area contributed by atoms with E-state index >= 15 is 0 Å². The normalized spacial score (nSPS) is 16.5. The van der Waals surface area contributed by atoms with Crippen LogP contribution in [0.2, 0.25) is 0 Å². The molecule has 1 amide bonds. The third-order valence-electron chi connectivity index (χ3n) is 6.40. The SMILES string of the molecule is COc1ccc(C(O)=C2C(=O)C(=O)N(CCc3ccc(OC)c(OC)c3)[C@@H]2c2cccc(OC)c2)cc1. The van der Waals surface area contributed by atoms with Crippen LogP contribution in [-0.2, 0) is 16.0 Å². The maximum absolute atomic E-state index is 13.3. The van der Waals surface area contributed by atoms with Gasteiger partial charge in [0.1, 0.15) is 17.3 Å². The van der Waals surface area contributed by atoms with Crippen LogP contribution >= 0.6 is 0 Å². The van der Waals surface area contributed by atoms with Gasteiger partial charge in [-0.05, 0) is 66.1 Å². The van der Waals surface area contributed by atoms with Crippen LogP contribution < -0.4 is 18.9 Å². The Hall–Kier alpha value is -4.46. The Balaban J connectivity index is 1.75. The Kier molecular flexibility index (Phi) is 7.67. The minimum Gasteiger partial charge on any atom is -0.507 e. The van der Waals surface area contributed by atoms with E-state index in [1.54, 1.807) is 77.0 Å². The molecule has 3 aromatic rings. The Morgan fingerprint density at radius 2 is 1.51 bits per heavy atom. The van der Waals surface area contributed by atoms with Crippen molar-refractivity contribution in [1.29, 1.82) is 0 Å². The van der Waals surface area contributed by atoms with E-state index < -0.39 is 17.7 Å². The van der Waals surface area contributed by atoms with Crippen molar-refractivity contribution < 1.29 is 33.6 Å².